The SMILES string of the molecule is CC(=O)N1CCOc2ccc(NC(=O)c3cccnc3)cc21. The molecule has 0 atom stereocenters. The number of amides is 2. The molecule has 22 heavy (non-hydrogen) atoms. The molecule has 0 radical (unpaired) electrons. The average molecular weight is 297 g/mol. The van der Waals surface area contributed by atoms with Gasteiger partial charge in [-0.1, -0.05) is 0 Å². The van der Waals surface area contributed by atoms with Crippen LogP contribution in [0.25, 0.3) is 0 Å². The minimum absolute atomic E-state index is 0.0553. The predicted molar refractivity (Wildman–Crippen MR) is 82.2 cm³/mol. The summed E-state index contributed by atoms with van der Waals surface area (Å²) in [4.78, 5) is 29.4. The molecule has 0 aliphatic carbocycles. The number of nitrogens with one attached hydrogen (secondary N) is 1. The Balaban J connectivity index is 1.85. The molecule has 2 heterocycles. The zero-order chi connectivity index (χ0) is 15.5. The van der Waals surface area contributed by atoms with Gasteiger partial charge in [-0.15, -0.1) is 0 Å². The molecule has 1 N–H and O–H groups in total. The lowest BCUT2D eigenvalue weighted by Crippen LogP contribution is -2.36. The van der Waals surface area contributed by atoms with Gasteiger partial charge in [-0.3, -0.25) is 14.6 Å². The second-order valence-electron chi connectivity index (χ2n) is 4.90. The molecule has 1 aromatic heterocycles. The summed E-state index contributed by atoms with van der Waals surface area (Å²) in [5, 5.41) is 2.80. The minimum atomic E-state index is -0.251. The van der Waals surface area contributed by atoms with E-state index in [1.165, 1.54) is 13.1 Å². The van der Waals surface area contributed by atoms with Crippen molar-refractivity contribution >= 4 is 23.2 Å². The van der Waals surface area contributed by atoms with Crippen LogP contribution in [0.1, 0.15) is 17.3 Å². The van der Waals surface area contributed by atoms with Crippen LogP contribution in [0.2, 0.25) is 0 Å². The quantitative estimate of drug-likeness (QED) is 0.921. The van der Waals surface area contributed by atoms with Crippen molar-refractivity contribution in [3.05, 3.63) is 48.3 Å². The number of carbonyl (C=O) groups is 2. The zero-order valence-corrected chi connectivity index (χ0v) is 12.1. The van der Waals surface area contributed by atoms with Crippen molar-refractivity contribution < 1.29 is 14.3 Å². The van der Waals surface area contributed by atoms with Crippen molar-refractivity contribution in [2.24, 2.45) is 0 Å². The normalized spacial score (nSPS) is 13.0. The number of hydrogen-bond donors (Lipinski definition) is 1. The predicted octanol–water partition coefficient (Wildman–Crippen LogP) is 2.08. The van der Waals surface area contributed by atoms with E-state index >= 15 is 0 Å². The van der Waals surface area contributed by atoms with Crippen molar-refractivity contribution in [3.63, 3.8) is 0 Å². The van der Waals surface area contributed by atoms with Crippen molar-refractivity contribution in [1.82, 2.24) is 4.98 Å². The van der Waals surface area contributed by atoms with Gasteiger partial charge in [-0.2, -0.15) is 0 Å². The smallest absolute Gasteiger partial charge is 0.257 e. The fraction of sp³-hybridized carbons (Fsp3) is 0.188. The van der Waals surface area contributed by atoms with E-state index in [2.05, 4.69) is 10.3 Å². The lowest BCUT2D eigenvalue weighted by atomic mass is 10.2. The van der Waals surface area contributed by atoms with Crippen LogP contribution in [0.15, 0.2) is 42.7 Å². The summed E-state index contributed by atoms with van der Waals surface area (Å²) in [5.74, 6) is 0.334. The number of fused-ring (bicyclic) bond motifs is 1. The maximum atomic E-state index is 12.1. The lowest BCUT2D eigenvalue weighted by molar-refractivity contribution is -0.116. The van der Waals surface area contributed by atoms with Gasteiger partial charge in [0.25, 0.3) is 5.91 Å². The molecule has 1 aromatic carbocycles. The molecule has 0 saturated carbocycles. The second-order valence-corrected chi connectivity index (χ2v) is 4.90. The van der Waals surface area contributed by atoms with Gasteiger partial charge in [-0.05, 0) is 30.3 Å². The summed E-state index contributed by atoms with van der Waals surface area (Å²) in [6, 6.07) is 8.63. The molecule has 3 rings (SSSR count). The molecule has 0 fully saturated rings. The van der Waals surface area contributed by atoms with Crippen molar-refractivity contribution in [2.45, 2.75) is 6.92 Å². The van der Waals surface area contributed by atoms with E-state index in [0.29, 0.717) is 35.8 Å². The third kappa shape index (κ3) is 2.76. The molecule has 0 spiro atoms. The Morgan fingerprint density at radius 1 is 1.32 bits per heavy atom. The summed E-state index contributed by atoms with van der Waals surface area (Å²) in [7, 11) is 0. The Labute approximate surface area is 127 Å². The van der Waals surface area contributed by atoms with Crippen LogP contribution in [-0.2, 0) is 4.79 Å². The highest BCUT2D eigenvalue weighted by molar-refractivity contribution is 6.04. The number of ether oxygens (including phenoxy) is 1. The van der Waals surface area contributed by atoms with E-state index in [-0.39, 0.29) is 11.8 Å². The highest BCUT2D eigenvalue weighted by Gasteiger charge is 2.21. The highest BCUT2D eigenvalue weighted by atomic mass is 16.5. The van der Waals surface area contributed by atoms with Crippen LogP contribution in [0, 0.1) is 0 Å². The lowest BCUT2D eigenvalue weighted by Gasteiger charge is -2.29. The van der Waals surface area contributed by atoms with E-state index in [9.17, 15) is 9.59 Å². The fourth-order valence-electron chi connectivity index (χ4n) is 2.32. The van der Waals surface area contributed by atoms with Gasteiger partial charge in [-0.25, -0.2) is 0 Å². The molecule has 0 bridgehead atoms. The Bertz CT molecular complexity index is 716. The van der Waals surface area contributed by atoms with Crippen LogP contribution in [0.4, 0.5) is 11.4 Å². The van der Waals surface area contributed by atoms with Gasteiger partial charge >= 0.3 is 0 Å². The van der Waals surface area contributed by atoms with Crippen LogP contribution in [0.3, 0.4) is 0 Å². The average Bonchev–Trinajstić information content (AvgIpc) is 2.55. The summed E-state index contributed by atoms with van der Waals surface area (Å²) in [6.07, 6.45) is 3.11. The highest BCUT2D eigenvalue weighted by Crippen LogP contribution is 2.34. The maximum Gasteiger partial charge on any atom is 0.257 e. The number of nitrogens with zero attached hydrogens (tertiary/aromatic N) is 2. The van der Waals surface area contributed by atoms with Crippen LogP contribution < -0.4 is 15.0 Å². The van der Waals surface area contributed by atoms with E-state index < -0.39 is 0 Å². The van der Waals surface area contributed by atoms with Crippen molar-refractivity contribution in [3.8, 4) is 5.75 Å². The van der Waals surface area contributed by atoms with Crippen LogP contribution >= 0.6 is 0 Å². The molecule has 0 unspecified atom stereocenters. The number of anilines is 2. The first kappa shape index (κ1) is 14.1. The monoisotopic (exact) mass is 297 g/mol. The molecular formula is C16H15N3O3. The van der Waals surface area contributed by atoms with Gasteiger partial charge in [0, 0.05) is 25.0 Å². The number of carbonyl (C=O) groups excluding carboxylic acids is 2. The number of aromatic nitrogens is 1. The maximum absolute atomic E-state index is 12.1. The number of pyridine rings is 1. The first-order chi connectivity index (χ1) is 10.6. The Morgan fingerprint density at radius 3 is 2.91 bits per heavy atom. The summed E-state index contributed by atoms with van der Waals surface area (Å²) >= 11 is 0. The van der Waals surface area contributed by atoms with E-state index in [1.807, 2.05) is 0 Å². The molecule has 112 valence electrons. The topological polar surface area (TPSA) is 71.5 Å². The largest absolute Gasteiger partial charge is 0.490 e. The number of benzene rings is 1. The molecule has 1 aliphatic rings. The van der Waals surface area contributed by atoms with E-state index in [4.69, 9.17) is 4.74 Å². The fourth-order valence-corrected chi connectivity index (χ4v) is 2.32. The van der Waals surface area contributed by atoms with Crippen LogP contribution in [-0.4, -0.2) is 29.9 Å². The molecule has 1 aliphatic heterocycles. The standard InChI is InChI=1S/C16H15N3O3/c1-11(20)19-7-8-22-15-5-4-13(9-14(15)19)18-16(21)12-3-2-6-17-10-12/h2-6,9-10H,7-8H2,1H3,(H,18,21). The molecule has 2 aromatic rings. The van der Waals surface area contributed by atoms with E-state index in [0.717, 1.165) is 0 Å². The molecule has 2 amide bonds. The van der Waals surface area contributed by atoms with Gasteiger partial charge in [0.2, 0.25) is 5.91 Å². The Kier molecular flexibility index (Phi) is 3.74. The third-order valence-corrected chi connectivity index (χ3v) is 3.38. The Hall–Kier alpha value is -2.89. The summed E-state index contributed by atoms with van der Waals surface area (Å²) in [5.41, 5.74) is 1.74. The first-order valence-corrected chi connectivity index (χ1v) is 6.91. The van der Waals surface area contributed by atoms with E-state index in [1.54, 1.807) is 41.4 Å². The molecule has 6 nitrogen and oxygen atoms in total. The van der Waals surface area contributed by atoms with Gasteiger partial charge in [0.15, 0.2) is 0 Å². The third-order valence-electron chi connectivity index (χ3n) is 3.38. The molecular weight excluding hydrogens is 282 g/mol. The van der Waals surface area contributed by atoms with Gasteiger partial charge in [0.1, 0.15) is 12.4 Å². The number of rotatable bonds is 2. The van der Waals surface area contributed by atoms with Crippen molar-refractivity contribution in [2.75, 3.05) is 23.4 Å². The van der Waals surface area contributed by atoms with Crippen molar-refractivity contribution in [1.29, 1.82) is 0 Å². The van der Waals surface area contributed by atoms with Gasteiger partial charge in [0.05, 0.1) is 17.8 Å². The molecule has 0 saturated heterocycles. The first-order valence-electron chi connectivity index (χ1n) is 6.91. The zero-order valence-electron chi connectivity index (χ0n) is 12.1. The second kappa shape index (κ2) is 5.85. The Morgan fingerprint density at radius 2 is 2.18 bits per heavy atom. The number of hydrogen-bond acceptors (Lipinski definition) is 4. The summed E-state index contributed by atoms with van der Waals surface area (Å²) in [6.45, 7) is 2.48. The van der Waals surface area contributed by atoms with Crippen LogP contribution in [0.5, 0.6) is 5.75 Å². The summed E-state index contributed by atoms with van der Waals surface area (Å²) < 4.78 is 5.53. The molecule has 6 heteroatoms. The minimum Gasteiger partial charge on any atom is -0.490 e. The van der Waals surface area contributed by atoms with Gasteiger partial charge < -0.3 is 15.0 Å².